The quantitative estimate of drug-likeness (QED) is 0.225. The van der Waals surface area contributed by atoms with Crippen molar-refractivity contribution < 1.29 is 14.3 Å². The normalized spacial score (nSPS) is 18.0. The van der Waals surface area contributed by atoms with Crippen LogP contribution < -0.4 is 10.6 Å². The third-order valence-corrected chi connectivity index (χ3v) is 4.99. The van der Waals surface area contributed by atoms with Gasteiger partial charge in [-0.2, -0.15) is 0 Å². The van der Waals surface area contributed by atoms with Crippen molar-refractivity contribution in [2.75, 3.05) is 53.6 Å². The number of carbonyl (C=O) groups is 1. The maximum atomic E-state index is 11.5. The number of guanidine groups is 1. The molecule has 1 saturated heterocycles. The second-order valence-corrected chi connectivity index (χ2v) is 6.55. The second kappa shape index (κ2) is 14.4. The van der Waals surface area contributed by atoms with Crippen LogP contribution in [0.2, 0.25) is 0 Å². The first-order valence-electron chi connectivity index (χ1n) is 9.41. The third kappa shape index (κ3) is 8.39. The van der Waals surface area contributed by atoms with Gasteiger partial charge in [-0.05, 0) is 5.92 Å². The molecule has 154 valence electrons. The van der Waals surface area contributed by atoms with Crippen LogP contribution in [0.15, 0.2) is 4.99 Å². The molecule has 1 aliphatic heterocycles. The van der Waals surface area contributed by atoms with Crippen molar-refractivity contribution in [3.05, 3.63) is 0 Å². The van der Waals surface area contributed by atoms with E-state index >= 15 is 0 Å². The van der Waals surface area contributed by atoms with E-state index in [9.17, 15) is 4.79 Å². The molecule has 0 amide bonds. The number of morpholine rings is 1. The van der Waals surface area contributed by atoms with Crippen LogP contribution in [0.5, 0.6) is 0 Å². The van der Waals surface area contributed by atoms with Gasteiger partial charge < -0.3 is 20.1 Å². The molecule has 1 fully saturated rings. The van der Waals surface area contributed by atoms with Gasteiger partial charge in [-0.3, -0.25) is 14.7 Å². The van der Waals surface area contributed by atoms with Crippen molar-refractivity contribution in [3.63, 3.8) is 0 Å². The van der Waals surface area contributed by atoms with Crippen molar-refractivity contribution in [2.24, 2.45) is 16.8 Å². The number of rotatable bonds is 9. The Balaban J connectivity index is 0.00000625. The molecule has 0 aromatic carbocycles. The van der Waals surface area contributed by atoms with Gasteiger partial charge in [-0.15, -0.1) is 24.0 Å². The zero-order valence-electron chi connectivity index (χ0n) is 16.9. The number of ether oxygens (including phenoxy) is 2. The molecule has 7 nitrogen and oxygen atoms in total. The zero-order chi connectivity index (χ0) is 18.7. The summed E-state index contributed by atoms with van der Waals surface area (Å²) < 4.78 is 10.3. The molecule has 0 saturated carbocycles. The molecule has 0 radical (unpaired) electrons. The van der Waals surface area contributed by atoms with Crippen molar-refractivity contribution >= 4 is 35.9 Å². The summed E-state index contributed by atoms with van der Waals surface area (Å²) in [5.74, 6) is 0.932. The summed E-state index contributed by atoms with van der Waals surface area (Å²) in [6.07, 6.45) is 2.32. The number of halogens is 1. The smallest absolute Gasteiger partial charge is 0.310 e. The number of carbonyl (C=O) groups excluding carboxylic acids is 1. The first kappa shape index (κ1) is 25.4. The van der Waals surface area contributed by atoms with E-state index in [1.54, 1.807) is 7.05 Å². The zero-order valence-corrected chi connectivity index (χ0v) is 19.2. The van der Waals surface area contributed by atoms with Gasteiger partial charge in [-0.1, -0.05) is 33.6 Å². The van der Waals surface area contributed by atoms with Crippen LogP contribution in [0.4, 0.5) is 0 Å². The Morgan fingerprint density at radius 3 is 2.27 bits per heavy atom. The average Bonchev–Trinajstić information content (AvgIpc) is 2.66. The Hall–Kier alpha value is -0.610. The number of hydrogen-bond donors (Lipinski definition) is 2. The first-order chi connectivity index (χ1) is 12.1. The fourth-order valence-electron chi connectivity index (χ4n) is 3.29. The summed E-state index contributed by atoms with van der Waals surface area (Å²) in [5, 5.41) is 6.65. The third-order valence-electron chi connectivity index (χ3n) is 4.99. The molecule has 1 aliphatic rings. The van der Waals surface area contributed by atoms with Crippen molar-refractivity contribution in [2.45, 2.75) is 39.7 Å². The van der Waals surface area contributed by atoms with E-state index in [0.29, 0.717) is 18.5 Å². The molecule has 2 N–H and O–H groups in total. The Kier molecular flexibility index (Phi) is 14.1. The van der Waals surface area contributed by atoms with Crippen molar-refractivity contribution in [1.29, 1.82) is 0 Å². The number of nitrogens with zero attached hydrogens (tertiary/aromatic N) is 2. The molecule has 0 aromatic rings. The number of hydrogen-bond acceptors (Lipinski definition) is 5. The maximum absolute atomic E-state index is 11.5. The van der Waals surface area contributed by atoms with Crippen molar-refractivity contribution in [3.8, 4) is 0 Å². The summed E-state index contributed by atoms with van der Waals surface area (Å²) in [6, 6.07) is 0.454. The standard InChI is InChI=1S/C18H36N4O3.HI/c1-6-15(7-2)16(22-8-10-25-11-9-22)13-21-18(19-4)20-12-14(3)17(23)24-5;/h14-16H,6-13H2,1-5H3,(H2,19,20,21);1H. The Bertz CT molecular complexity index is 413. The van der Waals surface area contributed by atoms with E-state index in [2.05, 4.69) is 34.4 Å². The van der Waals surface area contributed by atoms with Gasteiger partial charge >= 0.3 is 5.97 Å². The van der Waals surface area contributed by atoms with E-state index in [4.69, 9.17) is 9.47 Å². The van der Waals surface area contributed by atoms with Crippen LogP contribution in [-0.4, -0.2) is 76.4 Å². The van der Waals surface area contributed by atoms with E-state index in [0.717, 1.165) is 51.6 Å². The van der Waals surface area contributed by atoms with Crippen LogP contribution in [-0.2, 0) is 14.3 Å². The molecule has 1 heterocycles. The summed E-state index contributed by atoms with van der Waals surface area (Å²) in [7, 11) is 3.16. The Morgan fingerprint density at radius 1 is 1.19 bits per heavy atom. The van der Waals surface area contributed by atoms with Gasteiger partial charge in [0.25, 0.3) is 0 Å². The number of esters is 1. The van der Waals surface area contributed by atoms with Crippen LogP contribution >= 0.6 is 24.0 Å². The SMILES string of the molecule is CCC(CC)C(CNC(=NC)NCC(C)C(=O)OC)N1CCOCC1.I. The largest absolute Gasteiger partial charge is 0.469 e. The summed E-state index contributed by atoms with van der Waals surface area (Å²) in [6.45, 7) is 11.3. The summed E-state index contributed by atoms with van der Waals surface area (Å²) >= 11 is 0. The van der Waals surface area contributed by atoms with Crippen LogP contribution in [0.1, 0.15) is 33.6 Å². The van der Waals surface area contributed by atoms with Gasteiger partial charge in [-0.25, -0.2) is 0 Å². The predicted molar refractivity (Wildman–Crippen MR) is 116 cm³/mol. The van der Waals surface area contributed by atoms with Crippen LogP contribution in [0.3, 0.4) is 0 Å². The maximum Gasteiger partial charge on any atom is 0.310 e. The number of methoxy groups -OCH3 is 1. The summed E-state index contributed by atoms with van der Waals surface area (Å²) in [5.41, 5.74) is 0. The fraction of sp³-hybridized carbons (Fsp3) is 0.889. The minimum Gasteiger partial charge on any atom is -0.469 e. The fourth-order valence-corrected chi connectivity index (χ4v) is 3.29. The average molecular weight is 484 g/mol. The molecule has 0 spiro atoms. The molecule has 26 heavy (non-hydrogen) atoms. The van der Waals surface area contributed by atoms with Crippen LogP contribution in [0.25, 0.3) is 0 Å². The highest BCUT2D eigenvalue weighted by molar-refractivity contribution is 14.0. The van der Waals surface area contributed by atoms with Gasteiger partial charge in [0, 0.05) is 39.3 Å². The first-order valence-corrected chi connectivity index (χ1v) is 9.41. The van der Waals surface area contributed by atoms with E-state index in [-0.39, 0.29) is 35.9 Å². The highest BCUT2D eigenvalue weighted by atomic mass is 127. The van der Waals surface area contributed by atoms with Gasteiger partial charge in [0.15, 0.2) is 5.96 Å². The number of nitrogens with one attached hydrogen (secondary N) is 2. The molecule has 0 bridgehead atoms. The molecular weight excluding hydrogens is 447 g/mol. The van der Waals surface area contributed by atoms with Crippen LogP contribution in [0, 0.1) is 11.8 Å². The lowest BCUT2D eigenvalue weighted by Crippen LogP contribution is -2.53. The minimum absolute atomic E-state index is 0. The second-order valence-electron chi connectivity index (χ2n) is 6.55. The van der Waals surface area contributed by atoms with E-state index < -0.39 is 0 Å². The van der Waals surface area contributed by atoms with E-state index in [1.165, 1.54) is 7.11 Å². The monoisotopic (exact) mass is 484 g/mol. The molecule has 2 atom stereocenters. The van der Waals surface area contributed by atoms with Gasteiger partial charge in [0.05, 0.1) is 26.2 Å². The van der Waals surface area contributed by atoms with Crippen molar-refractivity contribution in [1.82, 2.24) is 15.5 Å². The molecule has 1 rings (SSSR count). The van der Waals surface area contributed by atoms with Gasteiger partial charge in [0.1, 0.15) is 0 Å². The predicted octanol–water partition coefficient (Wildman–Crippen LogP) is 1.72. The Morgan fingerprint density at radius 2 is 1.77 bits per heavy atom. The lowest BCUT2D eigenvalue weighted by Gasteiger charge is -2.39. The molecule has 8 heteroatoms. The molecule has 0 aromatic heterocycles. The Labute approximate surface area is 175 Å². The molecule has 2 unspecified atom stereocenters. The summed E-state index contributed by atoms with van der Waals surface area (Å²) in [4.78, 5) is 18.3. The topological polar surface area (TPSA) is 75.2 Å². The van der Waals surface area contributed by atoms with E-state index in [1.807, 2.05) is 6.92 Å². The lowest BCUT2D eigenvalue weighted by molar-refractivity contribution is -0.144. The van der Waals surface area contributed by atoms with Gasteiger partial charge in [0.2, 0.25) is 0 Å². The molecular formula is C18H37IN4O3. The minimum atomic E-state index is -0.217. The highest BCUT2D eigenvalue weighted by Gasteiger charge is 2.27. The highest BCUT2D eigenvalue weighted by Crippen LogP contribution is 2.19. The lowest BCUT2D eigenvalue weighted by atomic mass is 9.92. The number of aliphatic imine (C=N–C) groups is 1. The molecule has 0 aliphatic carbocycles.